The molecule has 3 aromatic heterocycles. The molecule has 9 nitrogen and oxygen atoms in total. The lowest BCUT2D eigenvalue weighted by Gasteiger charge is -2.28. The summed E-state index contributed by atoms with van der Waals surface area (Å²) in [7, 11) is 0. The number of morpholine rings is 1. The summed E-state index contributed by atoms with van der Waals surface area (Å²) in [5.74, 6) is 0.656. The molecular weight excluding hydrogens is 392 g/mol. The molecular formula is C22H20N8O. The molecule has 154 valence electrons. The van der Waals surface area contributed by atoms with Crippen LogP contribution in [0.3, 0.4) is 0 Å². The fraction of sp³-hybridized carbons (Fsp3) is 0.182. The van der Waals surface area contributed by atoms with Gasteiger partial charge in [-0.05, 0) is 30.3 Å². The molecule has 1 aliphatic rings. The summed E-state index contributed by atoms with van der Waals surface area (Å²) in [4.78, 5) is 11.4. The summed E-state index contributed by atoms with van der Waals surface area (Å²) >= 11 is 0. The number of rotatable bonds is 4. The van der Waals surface area contributed by atoms with E-state index in [0.717, 1.165) is 54.2 Å². The molecule has 0 amide bonds. The molecule has 0 unspecified atom stereocenters. The van der Waals surface area contributed by atoms with E-state index in [-0.39, 0.29) is 0 Å². The third kappa shape index (κ3) is 3.24. The first-order chi connectivity index (χ1) is 15.3. The highest BCUT2D eigenvalue weighted by molar-refractivity contribution is 5.84. The number of aromatic amines is 1. The lowest BCUT2D eigenvalue weighted by Crippen LogP contribution is -2.36. The molecule has 0 atom stereocenters. The molecule has 1 fully saturated rings. The Hall–Kier alpha value is -3.98. The van der Waals surface area contributed by atoms with Gasteiger partial charge in [0.2, 0.25) is 0 Å². The standard InChI is InChI=1S/C22H20N8O/c1-2-16-12-25-28-19(16)11-15(1)20-13-23-21(22-24-14-26-30(20)22)27-17-3-5-18(6-4-17)29-7-9-31-10-8-29/h1-6,11-14H,7-10H2,(H,23,27)(H,25,28). The lowest BCUT2D eigenvalue weighted by atomic mass is 10.1. The number of hydrogen-bond donors (Lipinski definition) is 2. The van der Waals surface area contributed by atoms with Gasteiger partial charge in [-0.25, -0.2) is 14.5 Å². The Balaban J connectivity index is 1.30. The molecule has 4 heterocycles. The van der Waals surface area contributed by atoms with Crippen LogP contribution in [0.25, 0.3) is 27.8 Å². The number of fused-ring (bicyclic) bond motifs is 2. The smallest absolute Gasteiger partial charge is 0.199 e. The number of nitrogens with one attached hydrogen (secondary N) is 2. The van der Waals surface area contributed by atoms with Gasteiger partial charge in [-0.15, -0.1) is 0 Å². The fourth-order valence-corrected chi connectivity index (χ4v) is 3.91. The second-order valence-electron chi connectivity index (χ2n) is 7.43. The monoisotopic (exact) mass is 412 g/mol. The molecule has 0 spiro atoms. The Kier molecular flexibility index (Phi) is 4.24. The molecule has 1 aliphatic heterocycles. The maximum Gasteiger partial charge on any atom is 0.199 e. The summed E-state index contributed by atoms with van der Waals surface area (Å²) in [6, 6.07) is 14.4. The van der Waals surface area contributed by atoms with E-state index in [1.807, 2.05) is 24.4 Å². The van der Waals surface area contributed by atoms with Crippen molar-refractivity contribution in [2.45, 2.75) is 0 Å². The minimum Gasteiger partial charge on any atom is -0.378 e. The van der Waals surface area contributed by atoms with E-state index in [9.17, 15) is 0 Å². The maximum absolute atomic E-state index is 5.43. The van der Waals surface area contributed by atoms with Crippen molar-refractivity contribution >= 4 is 33.7 Å². The minimum absolute atomic E-state index is 0.656. The first-order valence-electron chi connectivity index (χ1n) is 10.2. The molecule has 0 aliphatic carbocycles. The van der Waals surface area contributed by atoms with Crippen LogP contribution < -0.4 is 10.2 Å². The van der Waals surface area contributed by atoms with E-state index in [1.54, 1.807) is 17.0 Å². The van der Waals surface area contributed by atoms with Gasteiger partial charge in [-0.2, -0.15) is 10.2 Å². The topological polar surface area (TPSA) is 96.3 Å². The second-order valence-corrected chi connectivity index (χ2v) is 7.43. The average Bonchev–Trinajstić information content (AvgIpc) is 3.50. The van der Waals surface area contributed by atoms with Crippen molar-refractivity contribution in [3.63, 3.8) is 0 Å². The van der Waals surface area contributed by atoms with E-state index >= 15 is 0 Å². The number of nitrogens with zero attached hydrogens (tertiary/aromatic N) is 6. The number of ether oxygens (including phenoxy) is 1. The van der Waals surface area contributed by atoms with Crippen LogP contribution in [0.1, 0.15) is 0 Å². The van der Waals surface area contributed by atoms with Crippen molar-refractivity contribution in [1.82, 2.24) is 29.8 Å². The van der Waals surface area contributed by atoms with E-state index in [2.05, 4.69) is 59.7 Å². The lowest BCUT2D eigenvalue weighted by molar-refractivity contribution is 0.122. The van der Waals surface area contributed by atoms with E-state index in [0.29, 0.717) is 11.5 Å². The maximum atomic E-state index is 5.43. The van der Waals surface area contributed by atoms with Crippen molar-refractivity contribution in [1.29, 1.82) is 0 Å². The zero-order chi connectivity index (χ0) is 20.6. The molecule has 5 aromatic rings. The Morgan fingerprint density at radius 1 is 0.968 bits per heavy atom. The van der Waals surface area contributed by atoms with Gasteiger partial charge in [0.05, 0.1) is 36.8 Å². The van der Waals surface area contributed by atoms with Crippen molar-refractivity contribution in [3.8, 4) is 11.3 Å². The summed E-state index contributed by atoms with van der Waals surface area (Å²) in [6.45, 7) is 3.38. The van der Waals surface area contributed by atoms with Gasteiger partial charge in [0.15, 0.2) is 11.5 Å². The molecule has 0 bridgehead atoms. The molecule has 9 heteroatoms. The van der Waals surface area contributed by atoms with Crippen molar-refractivity contribution in [2.75, 3.05) is 36.5 Å². The SMILES string of the molecule is c1nc2c(Nc3ccc(N4CCOCC4)cc3)ncc(-c3ccc4cn[nH]c4c3)n2n1. The van der Waals surface area contributed by atoms with Crippen LogP contribution in [-0.2, 0) is 4.74 Å². The molecule has 1 saturated heterocycles. The largest absolute Gasteiger partial charge is 0.378 e. The van der Waals surface area contributed by atoms with Gasteiger partial charge >= 0.3 is 0 Å². The normalized spacial score (nSPS) is 14.4. The van der Waals surface area contributed by atoms with Crippen molar-refractivity contribution < 1.29 is 4.74 Å². The van der Waals surface area contributed by atoms with Crippen LogP contribution in [0.15, 0.2) is 61.2 Å². The fourth-order valence-electron chi connectivity index (χ4n) is 3.91. The summed E-state index contributed by atoms with van der Waals surface area (Å²) in [5.41, 5.74) is 5.62. The van der Waals surface area contributed by atoms with E-state index in [4.69, 9.17) is 4.74 Å². The average molecular weight is 412 g/mol. The molecule has 6 rings (SSSR count). The number of aromatic nitrogens is 6. The molecule has 0 saturated carbocycles. The van der Waals surface area contributed by atoms with Crippen LogP contribution in [0, 0.1) is 0 Å². The zero-order valence-corrected chi connectivity index (χ0v) is 16.7. The Morgan fingerprint density at radius 2 is 1.84 bits per heavy atom. The zero-order valence-electron chi connectivity index (χ0n) is 16.7. The van der Waals surface area contributed by atoms with Crippen LogP contribution in [0.5, 0.6) is 0 Å². The van der Waals surface area contributed by atoms with Crippen molar-refractivity contribution in [2.24, 2.45) is 0 Å². The third-order valence-corrected chi connectivity index (χ3v) is 5.55. The van der Waals surface area contributed by atoms with Gasteiger partial charge < -0.3 is 15.0 Å². The molecule has 0 radical (unpaired) electrons. The van der Waals surface area contributed by atoms with Gasteiger partial charge in [0.25, 0.3) is 0 Å². The van der Waals surface area contributed by atoms with Crippen molar-refractivity contribution in [3.05, 3.63) is 61.2 Å². The summed E-state index contributed by atoms with van der Waals surface area (Å²) in [5, 5.41) is 16.0. The van der Waals surface area contributed by atoms with Crippen LogP contribution in [0.2, 0.25) is 0 Å². The molecule has 2 N–H and O–H groups in total. The highest BCUT2D eigenvalue weighted by Gasteiger charge is 2.14. The molecule has 31 heavy (non-hydrogen) atoms. The first kappa shape index (κ1) is 17.8. The minimum atomic E-state index is 0.656. The summed E-state index contributed by atoms with van der Waals surface area (Å²) < 4.78 is 7.23. The predicted molar refractivity (Wildman–Crippen MR) is 119 cm³/mol. The Morgan fingerprint density at radius 3 is 2.71 bits per heavy atom. The number of benzene rings is 2. The number of hydrogen-bond acceptors (Lipinski definition) is 7. The van der Waals surface area contributed by atoms with E-state index in [1.165, 1.54) is 5.69 Å². The van der Waals surface area contributed by atoms with Gasteiger partial charge in [-0.3, -0.25) is 5.10 Å². The Labute approximate surface area is 177 Å². The van der Waals surface area contributed by atoms with Crippen LogP contribution >= 0.6 is 0 Å². The quantitative estimate of drug-likeness (QED) is 0.468. The second kappa shape index (κ2) is 7.37. The van der Waals surface area contributed by atoms with Gasteiger partial charge in [0, 0.05) is 35.4 Å². The van der Waals surface area contributed by atoms with Crippen LogP contribution in [-0.4, -0.2) is 56.1 Å². The van der Waals surface area contributed by atoms with E-state index < -0.39 is 0 Å². The van der Waals surface area contributed by atoms with Gasteiger partial charge in [0.1, 0.15) is 6.33 Å². The molecule has 2 aromatic carbocycles. The Bertz CT molecular complexity index is 1350. The number of H-pyrrole nitrogens is 1. The summed E-state index contributed by atoms with van der Waals surface area (Å²) in [6.07, 6.45) is 5.16. The first-order valence-corrected chi connectivity index (χ1v) is 10.2. The number of anilines is 3. The third-order valence-electron chi connectivity index (χ3n) is 5.55. The van der Waals surface area contributed by atoms with Gasteiger partial charge in [-0.1, -0.05) is 12.1 Å². The predicted octanol–water partition coefficient (Wildman–Crippen LogP) is 3.25. The highest BCUT2D eigenvalue weighted by Crippen LogP contribution is 2.27. The highest BCUT2D eigenvalue weighted by atomic mass is 16.5. The van der Waals surface area contributed by atoms with Crippen LogP contribution in [0.4, 0.5) is 17.2 Å².